The lowest BCUT2D eigenvalue weighted by Gasteiger charge is -2.38. The van der Waals surface area contributed by atoms with Crippen LogP contribution in [0, 0.1) is 11.8 Å². The van der Waals surface area contributed by atoms with Gasteiger partial charge in [-0.2, -0.15) is 0 Å². The number of hydrogen-bond acceptors (Lipinski definition) is 3. The molecule has 1 saturated heterocycles. The second kappa shape index (κ2) is 14.8. The first-order valence-electron chi connectivity index (χ1n) is 20.0. The number of nitrogens with one attached hydrogen (secondary N) is 1. The maximum Gasteiger partial charge on any atom is 0.0556 e. The topological polar surface area (TPSA) is 18.5 Å². The second-order valence-corrected chi connectivity index (χ2v) is 15.8. The Kier molecular flexibility index (Phi) is 9.46. The molecule has 1 heterocycles. The molecule has 9 rings (SSSR count). The van der Waals surface area contributed by atoms with Gasteiger partial charge in [-0.05, 0) is 117 Å². The van der Waals surface area contributed by atoms with Gasteiger partial charge >= 0.3 is 0 Å². The molecule has 0 amide bonds. The summed E-state index contributed by atoms with van der Waals surface area (Å²) >= 11 is 0. The van der Waals surface area contributed by atoms with Crippen LogP contribution in [0.5, 0.6) is 0 Å². The average Bonchev–Trinajstić information content (AvgIpc) is 3.50. The summed E-state index contributed by atoms with van der Waals surface area (Å²) in [6.07, 6.45) is 65.3. The molecule has 1 fully saturated rings. The van der Waals surface area contributed by atoms with Gasteiger partial charge in [-0.1, -0.05) is 122 Å². The molecule has 0 aromatic carbocycles. The lowest BCUT2D eigenvalue weighted by Crippen LogP contribution is -2.37. The maximum absolute atomic E-state index is 3.94. The molecule has 264 valence electrons. The molecule has 6 unspecified atom stereocenters. The molecule has 9 aliphatic rings. The van der Waals surface area contributed by atoms with Crippen LogP contribution in [0.3, 0.4) is 0 Å². The average molecular weight is 684 g/mol. The Hall–Kier alpha value is -4.60. The van der Waals surface area contributed by atoms with Crippen LogP contribution in [0.25, 0.3) is 0 Å². The molecule has 0 saturated carbocycles. The lowest BCUT2D eigenvalue weighted by molar-refractivity contribution is 0.256. The van der Waals surface area contributed by atoms with Gasteiger partial charge in [-0.15, -0.1) is 0 Å². The summed E-state index contributed by atoms with van der Waals surface area (Å²) in [5.74, 6) is 0.992. The van der Waals surface area contributed by atoms with Crippen LogP contribution < -0.4 is 5.32 Å². The highest BCUT2D eigenvalue weighted by molar-refractivity contribution is 5.52. The van der Waals surface area contributed by atoms with Crippen LogP contribution in [-0.4, -0.2) is 41.0 Å². The minimum absolute atomic E-state index is 0.321. The molecular weight excluding hydrogens is 631 g/mol. The van der Waals surface area contributed by atoms with Crippen molar-refractivity contribution in [3.63, 3.8) is 0 Å². The van der Waals surface area contributed by atoms with Gasteiger partial charge in [0, 0.05) is 53.5 Å². The Morgan fingerprint density at radius 2 is 1.52 bits per heavy atom. The Balaban J connectivity index is 0.899. The molecule has 0 bridgehead atoms. The highest BCUT2D eigenvalue weighted by Gasteiger charge is 2.40. The van der Waals surface area contributed by atoms with Crippen LogP contribution in [0.1, 0.15) is 64.2 Å². The van der Waals surface area contributed by atoms with Crippen LogP contribution in [0.2, 0.25) is 0 Å². The zero-order valence-corrected chi connectivity index (χ0v) is 30.7. The van der Waals surface area contributed by atoms with E-state index in [0.29, 0.717) is 36.0 Å². The largest absolute Gasteiger partial charge is 0.382 e. The Morgan fingerprint density at radius 1 is 0.615 bits per heavy atom. The van der Waals surface area contributed by atoms with E-state index in [-0.39, 0.29) is 0 Å². The smallest absolute Gasteiger partial charge is 0.0556 e. The fourth-order valence-electron chi connectivity index (χ4n) is 9.74. The van der Waals surface area contributed by atoms with Crippen molar-refractivity contribution >= 4 is 0 Å². The Labute approximate surface area is 311 Å². The van der Waals surface area contributed by atoms with E-state index in [4.69, 9.17) is 0 Å². The number of likely N-dealkylation sites (tertiary alicyclic amines) is 1. The van der Waals surface area contributed by atoms with Crippen LogP contribution in [-0.2, 0) is 0 Å². The third-order valence-electron chi connectivity index (χ3n) is 12.6. The van der Waals surface area contributed by atoms with Crippen molar-refractivity contribution in [3.05, 3.63) is 190 Å². The molecule has 0 spiro atoms. The molecule has 3 nitrogen and oxygen atoms in total. The van der Waals surface area contributed by atoms with Gasteiger partial charge < -0.3 is 10.2 Å². The van der Waals surface area contributed by atoms with Crippen molar-refractivity contribution in [2.75, 3.05) is 7.05 Å². The van der Waals surface area contributed by atoms with Gasteiger partial charge in [-0.25, -0.2) is 0 Å². The van der Waals surface area contributed by atoms with Crippen molar-refractivity contribution < 1.29 is 0 Å². The normalized spacial score (nSPS) is 32.0. The molecule has 6 atom stereocenters. The third kappa shape index (κ3) is 6.72. The van der Waals surface area contributed by atoms with E-state index in [9.17, 15) is 0 Å². The number of fused-ring (bicyclic) bond motifs is 3. The summed E-state index contributed by atoms with van der Waals surface area (Å²) in [6.45, 7) is 0. The minimum atomic E-state index is 0.321. The molecule has 1 N–H and O–H groups in total. The van der Waals surface area contributed by atoms with E-state index in [1.54, 1.807) is 0 Å². The summed E-state index contributed by atoms with van der Waals surface area (Å²) in [4.78, 5) is 5.25. The summed E-state index contributed by atoms with van der Waals surface area (Å²) < 4.78 is 0. The predicted molar refractivity (Wildman–Crippen MR) is 218 cm³/mol. The SMILES string of the molecule is CN1C2CC=CC=C2C2=CC=C(NC3C=CC=C(C4=CC=C(N(C5=CCC(C6=CCCC=C6)C=C5)C5C=CC(C6C=CC=CC6)=CC5)CC4)C3)CC21. The standard InChI is InChI=1S/C49H53N3/c1-51-48-18-9-8-17-46(48)47-32-25-42(34-49(47)51)50-41-16-10-15-40(33-41)39-23-30-45(31-24-39)52(43-26-19-37(20-27-43)35-11-4-2-5-12-35)44-28-21-38(22-29-44)36-13-6-3-7-14-36/h2,4-6,8-11,13-17,19-21,23,25-26,28-30,32,35,38,41,43,48-50H,3,7,12,18,22,24,27,31,33-34H2,1H3. The Morgan fingerprint density at radius 3 is 2.31 bits per heavy atom. The van der Waals surface area contributed by atoms with Gasteiger partial charge in [0.1, 0.15) is 0 Å². The van der Waals surface area contributed by atoms with Crippen LogP contribution in [0.4, 0.5) is 0 Å². The van der Waals surface area contributed by atoms with E-state index in [0.717, 1.165) is 51.4 Å². The van der Waals surface area contributed by atoms with Crippen molar-refractivity contribution in [1.29, 1.82) is 0 Å². The van der Waals surface area contributed by atoms with Gasteiger partial charge in [0.2, 0.25) is 0 Å². The first kappa shape index (κ1) is 33.3. The number of likely N-dealkylation sites (N-methyl/N-ethyl adjacent to an activating group) is 1. The maximum atomic E-state index is 3.94. The fraction of sp³-hybridized carbons (Fsp3) is 0.347. The molecule has 1 aliphatic heterocycles. The van der Waals surface area contributed by atoms with E-state index in [1.165, 1.54) is 63.4 Å². The molecule has 52 heavy (non-hydrogen) atoms. The van der Waals surface area contributed by atoms with Crippen molar-refractivity contribution in [1.82, 2.24) is 15.1 Å². The predicted octanol–water partition coefficient (Wildman–Crippen LogP) is 10.6. The minimum Gasteiger partial charge on any atom is -0.382 e. The van der Waals surface area contributed by atoms with E-state index >= 15 is 0 Å². The molecule has 0 aromatic heterocycles. The number of nitrogens with zero attached hydrogens (tertiary/aromatic N) is 2. The number of hydrogen-bond donors (Lipinski definition) is 1. The first-order valence-corrected chi connectivity index (χ1v) is 20.0. The van der Waals surface area contributed by atoms with Gasteiger partial charge in [-0.3, -0.25) is 4.90 Å². The summed E-state index contributed by atoms with van der Waals surface area (Å²) in [7, 11) is 2.31. The molecule has 8 aliphatic carbocycles. The molecular formula is C49H53N3. The first-order chi connectivity index (χ1) is 25.7. The lowest BCUT2D eigenvalue weighted by atomic mass is 9.85. The second-order valence-electron chi connectivity index (χ2n) is 15.8. The van der Waals surface area contributed by atoms with E-state index in [2.05, 4.69) is 162 Å². The molecule has 0 aromatic rings. The Bertz CT molecular complexity index is 1970. The zero-order valence-electron chi connectivity index (χ0n) is 30.7. The van der Waals surface area contributed by atoms with E-state index < -0.39 is 0 Å². The molecule has 0 radical (unpaired) electrons. The molecule has 3 heteroatoms. The van der Waals surface area contributed by atoms with Crippen LogP contribution >= 0.6 is 0 Å². The summed E-state index contributed by atoms with van der Waals surface area (Å²) in [5, 5.41) is 3.94. The summed E-state index contributed by atoms with van der Waals surface area (Å²) in [5.41, 5.74) is 13.1. The van der Waals surface area contributed by atoms with Gasteiger partial charge in [0.05, 0.1) is 6.04 Å². The van der Waals surface area contributed by atoms with Gasteiger partial charge in [0.15, 0.2) is 0 Å². The highest BCUT2D eigenvalue weighted by atomic mass is 15.2. The number of allylic oxidation sites excluding steroid dienone is 23. The van der Waals surface area contributed by atoms with Crippen molar-refractivity contribution in [3.8, 4) is 0 Å². The monoisotopic (exact) mass is 683 g/mol. The summed E-state index contributed by atoms with van der Waals surface area (Å²) in [6, 6.07) is 1.65. The fourth-order valence-corrected chi connectivity index (χ4v) is 9.74. The quantitative estimate of drug-likeness (QED) is 0.275. The zero-order chi connectivity index (χ0) is 34.9. The number of rotatable bonds is 8. The van der Waals surface area contributed by atoms with Crippen molar-refractivity contribution in [2.24, 2.45) is 11.8 Å². The highest BCUT2D eigenvalue weighted by Crippen LogP contribution is 2.42. The van der Waals surface area contributed by atoms with Gasteiger partial charge in [0.25, 0.3) is 0 Å². The van der Waals surface area contributed by atoms with Crippen molar-refractivity contribution in [2.45, 2.75) is 88.4 Å². The third-order valence-corrected chi connectivity index (χ3v) is 12.6. The van der Waals surface area contributed by atoms with E-state index in [1.807, 2.05) is 0 Å². The van der Waals surface area contributed by atoms with Crippen LogP contribution in [0.15, 0.2) is 190 Å².